The average molecular weight is 714 g/mol. The average Bonchev–Trinajstić information content (AvgIpc) is 3.30. The summed E-state index contributed by atoms with van der Waals surface area (Å²) in [7, 11) is -4.67. The van der Waals surface area contributed by atoms with Crippen molar-refractivity contribution in [3.05, 3.63) is 0 Å². The molecule has 47 heavy (non-hydrogen) atoms. The van der Waals surface area contributed by atoms with Crippen molar-refractivity contribution in [1.82, 2.24) is 0 Å². The van der Waals surface area contributed by atoms with Crippen molar-refractivity contribution in [3.63, 3.8) is 0 Å². The van der Waals surface area contributed by atoms with Gasteiger partial charge in [-0.15, -0.1) is 0 Å². The molecule has 1 saturated carbocycles. The van der Waals surface area contributed by atoms with Gasteiger partial charge in [0.1, 0.15) is 67.1 Å². The zero-order chi connectivity index (χ0) is 35.5. The first-order valence-corrected chi connectivity index (χ1v) is 15.9. The van der Waals surface area contributed by atoms with E-state index in [-0.39, 0.29) is 13.0 Å². The second kappa shape index (κ2) is 16.9. The maximum atomic E-state index is 11.1. The molecule has 1 aliphatic carbocycles. The second-order valence-corrected chi connectivity index (χ2v) is 12.5. The quantitative estimate of drug-likeness (QED) is 0.0986. The molecule has 0 bridgehead atoms. The van der Waals surface area contributed by atoms with Gasteiger partial charge in [0.2, 0.25) is 0 Å². The minimum absolute atomic E-state index is 0.0642. The lowest BCUT2D eigenvalue weighted by atomic mass is 9.84. The Hall–Kier alpha value is -0.890. The molecule has 4 aliphatic rings. The molecule has 0 amide bonds. The van der Waals surface area contributed by atoms with E-state index < -0.39 is 140 Å². The molecule has 4 fully saturated rings. The Balaban J connectivity index is 0.00000111. The Morgan fingerprint density at radius 1 is 0.574 bits per heavy atom. The van der Waals surface area contributed by atoms with Crippen LogP contribution in [-0.2, 0) is 38.8 Å². The standard InChI is InChI=1S/C23H45N5O14.H2O4S/c24-2-7-13(32)15(34)10(27)21(37-7)41-19-9(4-30)39-23(17(19)36)42-20-12(31)5(25)1-6(26)18(20)40-22-11(28)16(35)14(33)8(3-29)38-22;1-5(2,3)4/h5-23,29-36H,1-4,24-28H2;(H2,1,2,3,4)/t5-,6?,7+,8?,9?,10?,11?,12?,13-,14-,15?,16-,17?,18-,19?,20-,21-,22+,23?;/m1./s1. The third-order valence-corrected chi connectivity index (χ3v) is 8.32. The largest absolute Gasteiger partial charge is 0.394 e. The predicted molar refractivity (Wildman–Crippen MR) is 151 cm³/mol. The van der Waals surface area contributed by atoms with Crippen LogP contribution in [0.1, 0.15) is 6.42 Å². The Labute approximate surface area is 268 Å². The van der Waals surface area contributed by atoms with Gasteiger partial charge in [-0.3, -0.25) is 9.11 Å². The lowest BCUT2D eigenvalue weighted by Crippen LogP contribution is -2.68. The van der Waals surface area contributed by atoms with Gasteiger partial charge in [-0.1, -0.05) is 0 Å². The van der Waals surface area contributed by atoms with Gasteiger partial charge in [-0.2, -0.15) is 8.42 Å². The summed E-state index contributed by atoms with van der Waals surface area (Å²) in [5, 5.41) is 82.3. The summed E-state index contributed by atoms with van der Waals surface area (Å²) in [6.45, 7) is -1.49. The normalized spacial score (nSPS) is 49.3. The maximum absolute atomic E-state index is 11.1. The highest BCUT2D eigenvalue weighted by Crippen LogP contribution is 2.34. The molecule has 4 rings (SSSR count). The molecule has 0 radical (unpaired) electrons. The number of ether oxygens (including phenoxy) is 6. The highest BCUT2D eigenvalue weighted by Gasteiger charge is 2.54. The van der Waals surface area contributed by atoms with E-state index in [0.717, 1.165) is 0 Å². The third kappa shape index (κ3) is 9.67. The van der Waals surface area contributed by atoms with E-state index in [2.05, 4.69) is 0 Å². The van der Waals surface area contributed by atoms with Crippen LogP contribution in [0, 0.1) is 0 Å². The van der Waals surface area contributed by atoms with Crippen LogP contribution in [0.5, 0.6) is 0 Å². The summed E-state index contributed by atoms with van der Waals surface area (Å²) in [5.41, 5.74) is 29.9. The van der Waals surface area contributed by atoms with E-state index in [4.69, 9.17) is 74.6 Å². The molecule has 0 aromatic heterocycles. The zero-order valence-corrected chi connectivity index (χ0v) is 25.6. The molecule has 3 heterocycles. The number of aliphatic hydroxyl groups is 8. The molecule has 19 atom stereocenters. The van der Waals surface area contributed by atoms with Crippen LogP contribution in [0.15, 0.2) is 0 Å². The fraction of sp³-hybridized carbons (Fsp3) is 1.00. The Morgan fingerprint density at radius 2 is 1.00 bits per heavy atom. The summed E-state index contributed by atoms with van der Waals surface area (Å²) in [6.07, 6.45) is -20.5. The van der Waals surface area contributed by atoms with E-state index in [1.807, 2.05) is 0 Å². The van der Waals surface area contributed by atoms with Crippen LogP contribution in [0.2, 0.25) is 0 Å². The fourth-order valence-electron chi connectivity index (χ4n) is 5.70. The fourth-order valence-corrected chi connectivity index (χ4v) is 5.70. The highest BCUT2D eigenvalue weighted by molar-refractivity contribution is 7.79. The van der Waals surface area contributed by atoms with Crippen LogP contribution < -0.4 is 28.7 Å². The summed E-state index contributed by atoms with van der Waals surface area (Å²) in [5.74, 6) is 0. The summed E-state index contributed by atoms with van der Waals surface area (Å²) >= 11 is 0. The summed E-state index contributed by atoms with van der Waals surface area (Å²) < 4.78 is 66.0. The van der Waals surface area contributed by atoms with Gasteiger partial charge in [0.05, 0.1) is 31.4 Å². The van der Waals surface area contributed by atoms with Gasteiger partial charge in [0.25, 0.3) is 0 Å². The van der Waals surface area contributed by atoms with E-state index >= 15 is 0 Å². The number of aliphatic hydroxyl groups excluding tert-OH is 8. The lowest BCUT2D eigenvalue weighted by molar-refractivity contribution is -0.310. The zero-order valence-electron chi connectivity index (χ0n) is 24.8. The minimum Gasteiger partial charge on any atom is -0.394 e. The number of rotatable bonds is 9. The first-order chi connectivity index (χ1) is 21.8. The van der Waals surface area contributed by atoms with Crippen LogP contribution in [0.4, 0.5) is 0 Å². The Morgan fingerprint density at radius 3 is 1.49 bits per heavy atom. The van der Waals surface area contributed by atoms with Crippen LogP contribution in [0.25, 0.3) is 0 Å². The number of nitrogens with two attached hydrogens (primary N) is 5. The van der Waals surface area contributed by atoms with E-state index in [1.165, 1.54) is 0 Å². The van der Waals surface area contributed by atoms with Gasteiger partial charge in [0, 0.05) is 18.6 Å². The predicted octanol–water partition coefficient (Wildman–Crippen LogP) is -9.51. The molecule has 20 N–H and O–H groups in total. The van der Waals surface area contributed by atoms with Crippen molar-refractivity contribution in [3.8, 4) is 0 Å². The first-order valence-electron chi connectivity index (χ1n) is 14.5. The van der Waals surface area contributed by atoms with Gasteiger partial charge in [0.15, 0.2) is 18.9 Å². The van der Waals surface area contributed by atoms with E-state index in [9.17, 15) is 40.9 Å². The van der Waals surface area contributed by atoms with Crippen molar-refractivity contribution in [1.29, 1.82) is 0 Å². The maximum Gasteiger partial charge on any atom is 0.394 e. The monoisotopic (exact) mass is 713 g/mol. The smallest absolute Gasteiger partial charge is 0.394 e. The van der Waals surface area contributed by atoms with Crippen molar-refractivity contribution >= 4 is 10.4 Å². The molecule has 0 aromatic carbocycles. The third-order valence-electron chi connectivity index (χ3n) is 8.32. The van der Waals surface area contributed by atoms with Crippen molar-refractivity contribution in [2.75, 3.05) is 19.8 Å². The second-order valence-electron chi connectivity index (χ2n) is 11.6. The van der Waals surface area contributed by atoms with Crippen molar-refractivity contribution < 1.29 is 86.8 Å². The van der Waals surface area contributed by atoms with Gasteiger partial charge < -0.3 is 97.9 Å². The molecule has 24 heteroatoms. The summed E-state index contributed by atoms with van der Waals surface area (Å²) in [6, 6.07) is -4.30. The molecule has 23 nitrogen and oxygen atoms in total. The molecule has 278 valence electrons. The SMILES string of the molecule is NC[C@@H]1O[C@H](OC2C(CO)OC(O[C@@H]3C(O)[C@H](N)CC(N)[C@H]3O[C@@H]3OC(CO)[C@@H](O)[C@H](O)C3N)C2O)C(N)C(O)[C@@H]1O.O=S(=O)(O)O. The summed E-state index contributed by atoms with van der Waals surface area (Å²) in [4.78, 5) is 0. The lowest BCUT2D eigenvalue weighted by Gasteiger charge is -2.47. The Bertz CT molecular complexity index is 1070. The van der Waals surface area contributed by atoms with Crippen LogP contribution >= 0.6 is 0 Å². The molecule has 10 unspecified atom stereocenters. The van der Waals surface area contributed by atoms with Crippen LogP contribution in [0.3, 0.4) is 0 Å². The highest BCUT2D eigenvalue weighted by atomic mass is 32.3. The molecule has 0 aromatic rings. The van der Waals surface area contributed by atoms with Gasteiger partial charge >= 0.3 is 10.4 Å². The van der Waals surface area contributed by atoms with E-state index in [1.54, 1.807) is 0 Å². The molecule has 3 saturated heterocycles. The van der Waals surface area contributed by atoms with Crippen molar-refractivity contribution in [2.24, 2.45) is 28.7 Å². The number of hydrogen-bond donors (Lipinski definition) is 15. The minimum atomic E-state index is -4.67. The molecule has 3 aliphatic heterocycles. The molecular weight excluding hydrogens is 666 g/mol. The Kier molecular flexibility index (Phi) is 14.6. The van der Waals surface area contributed by atoms with Gasteiger partial charge in [-0.25, -0.2) is 0 Å². The molecule has 0 spiro atoms. The molecular formula is C23H47N5O18S. The number of hydrogen-bond acceptors (Lipinski definition) is 21. The van der Waals surface area contributed by atoms with E-state index in [0.29, 0.717) is 0 Å². The van der Waals surface area contributed by atoms with Crippen LogP contribution in [-0.4, -0.2) is 194 Å². The first kappa shape index (κ1) is 40.5. The topological polar surface area (TPSA) is 422 Å². The van der Waals surface area contributed by atoms with Gasteiger partial charge in [-0.05, 0) is 6.42 Å². The van der Waals surface area contributed by atoms with Crippen molar-refractivity contribution in [2.45, 2.75) is 123 Å².